The number of hydrazine groups is 1. The Kier molecular flexibility index (Phi) is 10.8. The van der Waals surface area contributed by atoms with Crippen molar-refractivity contribution < 1.29 is 23.9 Å². The van der Waals surface area contributed by atoms with E-state index in [1.165, 1.54) is 0 Å². The van der Waals surface area contributed by atoms with Gasteiger partial charge in [0, 0.05) is 6.42 Å². The minimum atomic E-state index is -1.22. The molecule has 0 aliphatic heterocycles. The van der Waals surface area contributed by atoms with Crippen molar-refractivity contribution in [1.29, 1.82) is 0 Å². The van der Waals surface area contributed by atoms with E-state index in [4.69, 9.17) is 9.47 Å². The Hall–Kier alpha value is -1.79. The Morgan fingerprint density at radius 2 is 1.50 bits per heavy atom. The number of unbranched alkanes of at least 4 members (excludes halogenated alkanes) is 4. The van der Waals surface area contributed by atoms with Gasteiger partial charge in [-0.25, -0.2) is 20.0 Å². The van der Waals surface area contributed by atoms with Crippen LogP contribution in [0.3, 0.4) is 0 Å². The summed E-state index contributed by atoms with van der Waals surface area (Å²) in [6.07, 6.45) is 3.88. The maximum atomic E-state index is 12.5. The molecule has 7 nitrogen and oxygen atoms in total. The monoisotopic (exact) mass is 344 g/mol. The molecule has 0 saturated carbocycles. The highest BCUT2D eigenvalue weighted by atomic mass is 16.6. The first-order valence-corrected chi connectivity index (χ1v) is 8.74. The van der Waals surface area contributed by atoms with Crippen molar-refractivity contribution in [3.63, 3.8) is 0 Å². The van der Waals surface area contributed by atoms with E-state index in [1.807, 2.05) is 0 Å². The molecule has 0 aromatic rings. The molecule has 0 aliphatic carbocycles. The van der Waals surface area contributed by atoms with Crippen LogP contribution in [0.4, 0.5) is 9.59 Å². The van der Waals surface area contributed by atoms with E-state index in [-0.39, 0.29) is 19.0 Å². The van der Waals surface area contributed by atoms with Gasteiger partial charge in [0.05, 0.1) is 13.2 Å². The average molecular weight is 344 g/mol. The summed E-state index contributed by atoms with van der Waals surface area (Å²) in [5.41, 5.74) is 1.09. The zero-order valence-corrected chi connectivity index (χ0v) is 15.6. The highest BCUT2D eigenvalue weighted by Gasteiger charge is 2.39. The van der Waals surface area contributed by atoms with E-state index in [0.29, 0.717) is 6.42 Å². The first kappa shape index (κ1) is 22.2. The second-order valence-electron chi connectivity index (χ2n) is 6.01. The Balaban J connectivity index is 4.88. The third-order valence-electron chi connectivity index (χ3n) is 3.68. The first-order chi connectivity index (χ1) is 11.3. The SMILES string of the molecule is CCCCCCCC(=O)C(C)(C)N(NC(=O)OCC)C(=O)OCC. The number of nitrogens with one attached hydrogen (secondary N) is 1. The van der Waals surface area contributed by atoms with Gasteiger partial charge in [0.1, 0.15) is 5.54 Å². The fourth-order valence-corrected chi connectivity index (χ4v) is 2.18. The zero-order chi connectivity index (χ0) is 18.6. The molecule has 7 heteroatoms. The molecule has 0 rings (SSSR count). The lowest BCUT2D eigenvalue weighted by Gasteiger charge is -2.35. The molecule has 24 heavy (non-hydrogen) atoms. The molecule has 2 amide bonds. The highest BCUT2D eigenvalue weighted by molar-refractivity contribution is 5.91. The number of amides is 2. The number of nitrogens with zero attached hydrogens (tertiary/aromatic N) is 1. The second kappa shape index (κ2) is 11.7. The summed E-state index contributed by atoms with van der Waals surface area (Å²) in [4.78, 5) is 36.3. The van der Waals surface area contributed by atoms with Crippen LogP contribution in [0.25, 0.3) is 0 Å². The molecule has 0 aromatic heterocycles. The lowest BCUT2D eigenvalue weighted by Crippen LogP contribution is -2.61. The molecule has 0 atom stereocenters. The Labute approximate surface area is 145 Å². The molecule has 0 unspecified atom stereocenters. The zero-order valence-electron chi connectivity index (χ0n) is 15.6. The summed E-state index contributed by atoms with van der Waals surface area (Å²) in [6.45, 7) is 8.92. The van der Waals surface area contributed by atoms with Crippen molar-refractivity contribution in [1.82, 2.24) is 10.4 Å². The number of rotatable bonds is 10. The van der Waals surface area contributed by atoms with E-state index in [2.05, 4.69) is 12.3 Å². The summed E-state index contributed by atoms with van der Waals surface area (Å²) in [7, 11) is 0. The van der Waals surface area contributed by atoms with Crippen LogP contribution in [0, 0.1) is 0 Å². The normalized spacial score (nSPS) is 10.9. The number of Topliss-reactive ketones (excluding diaryl/α,β-unsaturated/α-hetero) is 1. The van der Waals surface area contributed by atoms with Gasteiger partial charge >= 0.3 is 12.2 Å². The topological polar surface area (TPSA) is 84.9 Å². The van der Waals surface area contributed by atoms with E-state index in [0.717, 1.165) is 37.1 Å². The van der Waals surface area contributed by atoms with Crippen molar-refractivity contribution >= 4 is 18.0 Å². The minimum absolute atomic E-state index is 0.135. The Morgan fingerprint density at radius 3 is 2.04 bits per heavy atom. The standard InChI is InChI=1S/C17H32N2O5/c1-6-9-10-11-12-13-14(20)17(4,5)19(16(22)24-8-3)18-15(21)23-7-2/h6-13H2,1-5H3,(H,18,21). The molecular formula is C17H32N2O5. The van der Waals surface area contributed by atoms with Gasteiger partial charge in [0.2, 0.25) is 0 Å². The second-order valence-corrected chi connectivity index (χ2v) is 6.01. The van der Waals surface area contributed by atoms with Gasteiger partial charge in [-0.05, 0) is 34.1 Å². The van der Waals surface area contributed by atoms with E-state index >= 15 is 0 Å². The number of carbonyl (C=O) groups excluding carboxylic acids is 3. The first-order valence-electron chi connectivity index (χ1n) is 8.74. The summed E-state index contributed by atoms with van der Waals surface area (Å²) < 4.78 is 9.73. The van der Waals surface area contributed by atoms with Crippen LogP contribution >= 0.6 is 0 Å². The fraction of sp³-hybridized carbons (Fsp3) is 0.824. The van der Waals surface area contributed by atoms with Crippen LogP contribution in [0.2, 0.25) is 0 Å². The summed E-state index contributed by atoms with van der Waals surface area (Å²) in [5.74, 6) is -0.135. The van der Waals surface area contributed by atoms with Gasteiger partial charge in [0.25, 0.3) is 0 Å². The van der Waals surface area contributed by atoms with Crippen molar-refractivity contribution in [2.75, 3.05) is 13.2 Å². The van der Waals surface area contributed by atoms with Crippen LogP contribution in [0.5, 0.6) is 0 Å². The Bertz CT molecular complexity index is 410. The van der Waals surface area contributed by atoms with E-state index in [1.54, 1.807) is 27.7 Å². The van der Waals surface area contributed by atoms with Crippen LogP contribution in [0.15, 0.2) is 0 Å². The number of ether oxygens (including phenoxy) is 2. The predicted molar refractivity (Wildman–Crippen MR) is 91.5 cm³/mol. The number of ketones is 1. The molecule has 1 N–H and O–H groups in total. The summed E-state index contributed by atoms with van der Waals surface area (Å²) in [5, 5.41) is 0.920. The molecule has 0 fully saturated rings. The number of hydrogen-bond acceptors (Lipinski definition) is 5. The third kappa shape index (κ3) is 7.66. The fourth-order valence-electron chi connectivity index (χ4n) is 2.18. The average Bonchev–Trinajstić information content (AvgIpc) is 2.52. The highest BCUT2D eigenvalue weighted by Crippen LogP contribution is 2.19. The maximum Gasteiger partial charge on any atom is 0.429 e. The lowest BCUT2D eigenvalue weighted by atomic mass is 9.94. The molecule has 0 bridgehead atoms. The maximum absolute atomic E-state index is 12.5. The van der Waals surface area contributed by atoms with Crippen molar-refractivity contribution in [2.24, 2.45) is 0 Å². The predicted octanol–water partition coefficient (Wildman–Crippen LogP) is 3.81. The lowest BCUT2D eigenvalue weighted by molar-refractivity contribution is -0.130. The molecule has 0 aliphatic rings. The van der Waals surface area contributed by atoms with E-state index in [9.17, 15) is 14.4 Å². The van der Waals surface area contributed by atoms with Crippen molar-refractivity contribution in [2.45, 2.75) is 78.7 Å². The molecular weight excluding hydrogens is 312 g/mol. The molecule has 0 aromatic carbocycles. The van der Waals surface area contributed by atoms with Gasteiger partial charge in [-0.15, -0.1) is 0 Å². The van der Waals surface area contributed by atoms with Gasteiger partial charge < -0.3 is 9.47 Å². The largest absolute Gasteiger partial charge is 0.449 e. The summed E-state index contributed by atoms with van der Waals surface area (Å²) in [6, 6.07) is 0. The van der Waals surface area contributed by atoms with Crippen molar-refractivity contribution in [3.05, 3.63) is 0 Å². The third-order valence-corrected chi connectivity index (χ3v) is 3.68. The number of hydrogen-bond donors (Lipinski definition) is 1. The molecule has 0 radical (unpaired) electrons. The van der Waals surface area contributed by atoms with Crippen LogP contribution in [-0.4, -0.2) is 41.7 Å². The van der Waals surface area contributed by atoms with Gasteiger partial charge in [-0.3, -0.25) is 4.79 Å². The molecule has 0 saturated heterocycles. The van der Waals surface area contributed by atoms with Gasteiger partial charge in [-0.1, -0.05) is 32.6 Å². The van der Waals surface area contributed by atoms with Crippen LogP contribution in [-0.2, 0) is 14.3 Å². The summed E-state index contributed by atoms with van der Waals surface area (Å²) >= 11 is 0. The smallest absolute Gasteiger partial charge is 0.429 e. The molecule has 0 heterocycles. The molecule has 0 spiro atoms. The molecule has 140 valence electrons. The van der Waals surface area contributed by atoms with E-state index < -0.39 is 17.7 Å². The van der Waals surface area contributed by atoms with Crippen molar-refractivity contribution in [3.8, 4) is 0 Å². The van der Waals surface area contributed by atoms with Gasteiger partial charge in [0.15, 0.2) is 5.78 Å². The van der Waals surface area contributed by atoms with Gasteiger partial charge in [-0.2, -0.15) is 0 Å². The quantitative estimate of drug-likeness (QED) is 0.481. The number of carbonyl (C=O) groups is 3. The Morgan fingerprint density at radius 1 is 0.917 bits per heavy atom. The van der Waals surface area contributed by atoms with Crippen LogP contribution in [0.1, 0.15) is 73.1 Å². The van der Waals surface area contributed by atoms with Crippen LogP contribution < -0.4 is 5.43 Å². The minimum Gasteiger partial charge on any atom is -0.449 e.